The molecule has 0 bridgehead atoms. The van der Waals surface area contributed by atoms with Crippen LogP contribution in [0.3, 0.4) is 0 Å². The second-order valence-electron chi connectivity index (χ2n) is 7.02. The van der Waals surface area contributed by atoms with Crippen LogP contribution in [0.1, 0.15) is 12.0 Å². The topological polar surface area (TPSA) is 67.9 Å². The third-order valence-electron chi connectivity index (χ3n) is 4.68. The number of likely N-dealkylation sites (tertiary alicyclic amines) is 1. The fourth-order valence-electron chi connectivity index (χ4n) is 3.17. The van der Waals surface area contributed by atoms with Gasteiger partial charge in [0.2, 0.25) is 0 Å². The molecule has 1 aliphatic rings. The Balaban J connectivity index is 1.95. The number of nitrogens with zero attached hydrogens (tertiary/aromatic N) is 1. The lowest BCUT2D eigenvalue weighted by molar-refractivity contribution is -0.139. The summed E-state index contributed by atoms with van der Waals surface area (Å²) in [5, 5.41) is 0. The Morgan fingerprint density at radius 3 is 2.42 bits per heavy atom. The number of hydrogen-bond acceptors (Lipinski definition) is 5. The third-order valence-corrected chi connectivity index (χ3v) is 7.64. The average Bonchev–Trinajstić information content (AvgIpc) is 3.05. The molecule has 170 valence electrons. The quantitative estimate of drug-likeness (QED) is 0.508. The van der Waals surface area contributed by atoms with E-state index in [-0.39, 0.29) is 20.8 Å². The van der Waals surface area contributed by atoms with E-state index in [9.17, 15) is 21.6 Å². The van der Waals surface area contributed by atoms with E-state index >= 15 is 0 Å². The van der Waals surface area contributed by atoms with Gasteiger partial charge in [-0.25, -0.2) is 8.42 Å². The molecule has 1 heterocycles. The Hall–Kier alpha value is -1.50. The smallest absolute Gasteiger partial charge is 0.419 e. The highest BCUT2D eigenvalue weighted by Gasteiger charge is 2.36. The second-order valence-corrected chi connectivity index (χ2v) is 10.4. The minimum Gasteiger partial charge on any atom is -0.496 e. The van der Waals surface area contributed by atoms with Gasteiger partial charge < -0.3 is 14.4 Å². The molecule has 0 saturated carbocycles. The van der Waals surface area contributed by atoms with Gasteiger partial charge in [-0.05, 0) is 63.5 Å². The largest absolute Gasteiger partial charge is 0.496 e. The number of benzene rings is 2. The molecule has 0 unspecified atom stereocenters. The fraction of sp³-hybridized carbons (Fsp3) is 0.368. The van der Waals surface area contributed by atoms with Gasteiger partial charge in [0.15, 0.2) is 0 Å². The van der Waals surface area contributed by atoms with Crippen molar-refractivity contribution in [2.24, 2.45) is 0 Å². The van der Waals surface area contributed by atoms with Crippen LogP contribution in [0.25, 0.3) is 0 Å². The maximum Gasteiger partial charge on any atom is 0.419 e. The Labute approximate surface area is 195 Å². The first-order chi connectivity index (χ1) is 14.4. The van der Waals surface area contributed by atoms with Gasteiger partial charge in [-0.1, -0.05) is 0 Å². The van der Waals surface area contributed by atoms with E-state index in [4.69, 9.17) is 9.47 Å². The van der Waals surface area contributed by atoms with E-state index in [0.29, 0.717) is 24.0 Å². The van der Waals surface area contributed by atoms with Crippen LogP contribution >= 0.6 is 31.9 Å². The molecule has 2 aromatic rings. The Bertz CT molecular complexity index is 1080. The highest BCUT2D eigenvalue weighted by atomic mass is 79.9. The number of alkyl halides is 3. The molecule has 1 fully saturated rings. The Kier molecular flexibility index (Phi) is 7.14. The first kappa shape index (κ1) is 24.1. The monoisotopic (exact) mass is 586 g/mol. The molecule has 1 saturated heterocycles. The molecule has 1 aliphatic heterocycles. The van der Waals surface area contributed by atoms with Crippen molar-refractivity contribution in [2.75, 3.05) is 32.0 Å². The summed E-state index contributed by atoms with van der Waals surface area (Å²) in [6.07, 6.45) is -4.47. The molecule has 2 aromatic carbocycles. The zero-order chi connectivity index (χ0) is 23.0. The SMILES string of the molecule is COc1cc(S(=O)(=O)Nc2ccc(C(F)(F)F)c(O[C@H]3CCN(C)C3)c2)c(Br)cc1Br. The van der Waals surface area contributed by atoms with Gasteiger partial charge in [0.1, 0.15) is 22.5 Å². The van der Waals surface area contributed by atoms with Crippen molar-refractivity contribution < 1.29 is 31.1 Å². The molecule has 12 heteroatoms. The van der Waals surface area contributed by atoms with Crippen LogP contribution in [-0.4, -0.2) is 46.7 Å². The minimum absolute atomic E-state index is 0.0527. The van der Waals surface area contributed by atoms with Gasteiger partial charge >= 0.3 is 6.18 Å². The average molecular weight is 588 g/mol. The van der Waals surface area contributed by atoms with Crippen LogP contribution in [0.5, 0.6) is 11.5 Å². The summed E-state index contributed by atoms with van der Waals surface area (Å²) in [6, 6.07) is 5.72. The van der Waals surface area contributed by atoms with E-state index in [1.54, 1.807) is 0 Å². The van der Waals surface area contributed by atoms with E-state index < -0.39 is 33.6 Å². The zero-order valence-electron chi connectivity index (χ0n) is 16.5. The lowest BCUT2D eigenvalue weighted by Crippen LogP contribution is -2.23. The van der Waals surface area contributed by atoms with E-state index in [1.807, 2.05) is 11.9 Å². The van der Waals surface area contributed by atoms with Crippen molar-refractivity contribution in [3.63, 3.8) is 0 Å². The van der Waals surface area contributed by atoms with Gasteiger partial charge in [-0.3, -0.25) is 4.72 Å². The summed E-state index contributed by atoms with van der Waals surface area (Å²) >= 11 is 6.45. The molecule has 0 aliphatic carbocycles. The number of rotatable bonds is 6. The van der Waals surface area contributed by atoms with Crippen molar-refractivity contribution in [3.8, 4) is 11.5 Å². The molecular weight excluding hydrogens is 569 g/mol. The fourth-order valence-corrected chi connectivity index (χ4v) is 6.09. The van der Waals surface area contributed by atoms with Crippen molar-refractivity contribution in [2.45, 2.75) is 23.6 Å². The van der Waals surface area contributed by atoms with Crippen LogP contribution in [0, 0.1) is 0 Å². The highest BCUT2D eigenvalue weighted by Crippen LogP contribution is 2.40. The lowest BCUT2D eigenvalue weighted by Gasteiger charge is -2.20. The van der Waals surface area contributed by atoms with Crippen molar-refractivity contribution in [1.29, 1.82) is 0 Å². The zero-order valence-corrected chi connectivity index (χ0v) is 20.5. The Morgan fingerprint density at radius 2 is 1.84 bits per heavy atom. The van der Waals surface area contributed by atoms with Gasteiger partial charge in [-0.2, -0.15) is 13.2 Å². The summed E-state index contributed by atoms with van der Waals surface area (Å²) in [7, 11) is -0.900. The van der Waals surface area contributed by atoms with Crippen LogP contribution in [0.4, 0.5) is 18.9 Å². The number of nitrogens with one attached hydrogen (secondary N) is 1. The standard InChI is InChI=1S/C19H19Br2F3N2O4S/c1-26-6-5-12(10-26)30-16-7-11(3-4-13(16)19(22,23)24)25-31(27,28)18-9-17(29-2)14(20)8-15(18)21/h3-4,7-9,12,25H,5-6,10H2,1-2H3/t12-/m0/s1. The molecule has 0 radical (unpaired) electrons. The first-order valence-electron chi connectivity index (χ1n) is 9.03. The van der Waals surface area contributed by atoms with E-state index in [1.165, 1.54) is 19.2 Å². The molecular formula is C19H19Br2F3N2O4S. The van der Waals surface area contributed by atoms with Crippen molar-refractivity contribution in [1.82, 2.24) is 4.90 Å². The van der Waals surface area contributed by atoms with Crippen LogP contribution in [0.15, 0.2) is 44.2 Å². The van der Waals surface area contributed by atoms with Crippen LogP contribution in [0.2, 0.25) is 0 Å². The molecule has 1 N–H and O–H groups in total. The third kappa shape index (κ3) is 5.65. The summed E-state index contributed by atoms with van der Waals surface area (Å²) in [4.78, 5) is 1.82. The predicted octanol–water partition coefficient (Wildman–Crippen LogP) is 5.12. The minimum atomic E-state index is -4.64. The van der Waals surface area contributed by atoms with Gasteiger partial charge in [0.25, 0.3) is 10.0 Å². The number of ether oxygens (including phenoxy) is 2. The molecule has 3 rings (SSSR count). The molecule has 1 atom stereocenters. The molecule has 0 spiro atoms. The number of anilines is 1. The van der Waals surface area contributed by atoms with Crippen LogP contribution in [-0.2, 0) is 16.2 Å². The van der Waals surface area contributed by atoms with E-state index in [2.05, 4.69) is 36.6 Å². The summed E-state index contributed by atoms with van der Waals surface area (Å²) in [5.41, 5.74) is -1.01. The Morgan fingerprint density at radius 1 is 1.13 bits per heavy atom. The summed E-state index contributed by atoms with van der Waals surface area (Å²) in [6.45, 7) is 1.19. The summed E-state index contributed by atoms with van der Waals surface area (Å²) < 4.78 is 80.0. The predicted molar refractivity (Wildman–Crippen MR) is 117 cm³/mol. The van der Waals surface area contributed by atoms with Gasteiger partial charge in [0, 0.05) is 29.7 Å². The number of halogens is 5. The number of methoxy groups -OCH3 is 1. The van der Waals surface area contributed by atoms with Crippen LogP contribution < -0.4 is 14.2 Å². The number of likely N-dealkylation sites (N-methyl/N-ethyl adjacent to an activating group) is 1. The summed E-state index contributed by atoms with van der Waals surface area (Å²) in [5.74, 6) is -0.133. The van der Waals surface area contributed by atoms with Gasteiger partial charge in [0.05, 0.1) is 22.8 Å². The first-order valence-corrected chi connectivity index (χ1v) is 12.1. The molecule has 6 nitrogen and oxygen atoms in total. The molecule has 0 amide bonds. The lowest BCUT2D eigenvalue weighted by atomic mass is 10.1. The van der Waals surface area contributed by atoms with E-state index in [0.717, 1.165) is 18.2 Å². The normalized spacial score (nSPS) is 17.6. The van der Waals surface area contributed by atoms with Gasteiger partial charge in [-0.15, -0.1) is 0 Å². The second kappa shape index (κ2) is 9.16. The molecule has 0 aromatic heterocycles. The maximum absolute atomic E-state index is 13.5. The maximum atomic E-state index is 13.5. The van der Waals surface area contributed by atoms with Crippen molar-refractivity contribution >= 4 is 47.6 Å². The highest BCUT2D eigenvalue weighted by molar-refractivity contribution is 9.11. The number of hydrogen-bond donors (Lipinski definition) is 1. The number of sulfonamides is 1. The van der Waals surface area contributed by atoms with Crippen molar-refractivity contribution in [3.05, 3.63) is 44.8 Å². The molecule has 31 heavy (non-hydrogen) atoms.